The monoisotopic (exact) mass is 432 g/mol. The highest BCUT2D eigenvalue weighted by Gasteiger charge is 2.39. The number of hydrogen-bond donors (Lipinski definition) is 1. The topological polar surface area (TPSA) is 41.6 Å². The Bertz CT molecular complexity index is 940. The van der Waals surface area contributed by atoms with E-state index in [9.17, 15) is 4.79 Å². The summed E-state index contributed by atoms with van der Waals surface area (Å²) in [6.45, 7) is 7.10. The molecule has 2 amide bonds. The first-order chi connectivity index (χ1) is 13.7. The molecule has 2 aromatic rings. The molecule has 0 saturated carbocycles. The fraction of sp³-hybridized carbons (Fsp3) is 0.348. The van der Waals surface area contributed by atoms with Gasteiger partial charge in [-0.1, -0.05) is 55.3 Å². The molecule has 0 unspecified atom stereocenters. The molecule has 1 saturated heterocycles. The van der Waals surface area contributed by atoms with Gasteiger partial charge in [0, 0.05) is 12.2 Å². The Labute approximate surface area is 182 Å². The van der Waals surface area contributed by atoms with Crippen LogP contribution in [0.5, 0.6) is 5.75 Å². The molecule has 1 aliphatic rings. The number of likely N-dealkylation sites (tertiary alicyclic amines) is 1. The molecule has 1 aliphatic heterocycles. The molecule has 0 aliphatic carbocycles. The van der Waals surface area contributed by atoms with Crippen LogP contribution in [0.4, 0.5) is 10.5 Å². The third-order valence-corrected chi connectivity index (χ3v) is 5.90. The molecule has 1 heterocycles. The molecule has 0 aromatic heterocycles. The zero-order valence-corrected chi connectivity index (χ0v) is 18.6. The van der Waals surface area contributed by atoms with E-state index in [1.165, 1.54) is 0 Å². The van der Waals surface area contributed by atoms with Crippen LogP contribution in [0.25, 0.3) is 5.57 Å². The van der Waals surface area contributed by atoms with Gasteiger partial charge in [0.15, 0.2) is 0 Å². The number of rotatable bonds is 4. The van der Waals surface area contributed by atoms with Gasteiger partial charge in [0.25, 0.3) is 0 Å². The van der Waals surface area contributed by atoms with Crippen molar-refractivity contribution in [3.63, 3.8) is 0 Å². The number of halogens is 2. The molecular weight excluding hydrogens is 407 g/mol. The van der Waals surface area contributed by atoms with Crippen LogP contribution in [0.2, 0.25) is 10.0 Å². The molecule has 3 rings (SSSR count). The number of anilines is 1. The molecule has 4 nitrogen and oxygen atoms in total. The fourth-order valence-electron chi connectivity index (χ4n) is 3.71. The molecule has 0 radical (unpaired) electrons. The van der Waals surface area contributed by atoms with Gasteiger partial charge in [0.05, 0.1) is 23.2 Å². The zero-order valence-electron chi connectivity index (χ0n) is 17.1. The molecule has 1 atom stereocenters. The van der Waals surface area contributed by atoms with Gasteiger partial charge >= 0.3 is 6.03 Å². The predicted octanol–water partition coefficient (Wildman–Crippen LogP) is 6.74. The number of amides is 2. The van der Waals surface area contributed by atoms with E-state index < -0.39 is 0 Å². The summed E-state index contributed by atoms with van der Waals surface area (Å²) in [5, 5.41) is 3.82. The number of nitrogens with one attached hydrogen (secondary N) is 1. The van der Waals surface area contributed by atoms with Crippen LogP contribution >= 0.6 is 23.2 Å². The smallest absolute Gasteiger partial charge is 0.322 e. The summed E-state index contributed by atoms with van der Waals surface area (Å²) >= 11 is 12.0. The standard InChI is InChI=1S/C23H26Cl2N2O2/c1-15(16-6-5-7-19(11-16)29-4)10-18-13-23(2,3)14-27(18)22(28)26-17-8-9-20(24)21(25)12-17/h5-12,18H,13-14H2,1-4H3,(H,26,28)/b15-10+/t18-/m1/s1. The molecular formula is C23H26Cl2N2O2. The van der Waals surface area contributed by atoms with E-state index >= 15 is 0 Å². The second-order valence-corrected chi connectivity index (χ2v) is 9.02. The number of carbonyl (C=O) groups excluding carboxylic acids is 1. The van der Waals surface area contributed by atoms with Crippen molar-refractivity contribution < 1.29 is 9.53 Å². The van der Waals surface area contributed by atoms with Gasteiger partial charge < -0.3 is 15.0 Å². The van der Waals surface area contributed by atoms with Crippen molar-refractivity contribution in [3.8, 4) is 5.75 Å². The quantitative estimate of drug-likeness (QED) is 0.580. The Morgan fingerprint density at radius 2 is 1.97 bits per heavy atom. The van der Waals surface area contributed by atoms with Crippen LogP contribution in [0, 0.1) is 5.41 Å². The minimum absolute atomic E-state index is 0.000951. The lowest BCUT2D eigenvalue weighted by Gasteiger charge is -2.24. The maximum Gasteiger partial charge on any atom is 0.322 e. The van der Waals surface area contributed by atoms with Crippen LogP contribution in [0.3, 0.4) is 0 Å². The average Bonchev–Trinajstić information content (AvgIpc) is 2.99. The lowest BCUT2D eigenvalue weighted by molar-refractivity contribution is 0.210. The number of hydrogen-bond acceptors (Lipinski definition) is 2. The summed E-state index contributed by atoms with van der Waals surface area (Å²) in [7, 11) is 1.66. The number of nitrogens with zero attached hydrogens (tertiary/aromatic N) is 1. The summed E-state index contributed by atoms with van der Waals surface area (Å²) in [6, 6.07) is 12.9. The molecule has 2 aromatic carbocycles. The first-order valence-corrected chi connectivity index (χ1v) is 10.3. The summed E-state index contributed by atoms with van der Waals surface area (Å²) < 4.78 is 5.33. The fourth-order valence-corrected chi connectivity index (χ4v) is 4.01. The van der Waals surface area contributed by atoms with Gasteiger partial charge in [-0.15, -0.1) is 0 Å². The van der Waals surface area contributed by atoms with E-state index in [0.29, 0.717) is 22.3 Å². The summed E-state index contributed by atoms with van der Waals surface area (Å²) in [5.41, 5.74) is 2.85. The minimum Gasteiger partial charge on any atom is -0.497 e. The summed E-state index contributed by atoms with van der Waals surface area (Å²) in [6.07, 6.45) is 3.06. The van der Waals surface area contributed by atoms with Crippen molar-refractivity contribution in [2.75, 3.05) is 19.0 Å². The van der Waals surface area contributed by atoms with Crippen LogP contribution < -0.4 is 10.1 Å². The molecule has 0 bridgehead atoms. The molecule has 29 heavy (non-hydrogen) atoms. The van der Waals surface area contributed by atoms with Crippen molar-refractivity contribution in [2.24, 2.45) is 5.41 Å². The first-order valence-electron chi connectivity index (χ1n) is 9.54. The van der Waals surface area contributed by atoms with E-state index in [1.54, 1.807) is 25.3 Å². The van der Waals surface area contributed by atoms with Crippen molar-refractivity contribution in [2.45, 2.75) is 33.2 Å². The number of ether oxygens (including phenoxy) is 1. The minimum atomic E-state index is -0.145. The largest absolute Gasteiger partial charge is 0.497 e. The molecule has 1 N–H and O–H groups in total. The third kappa shape index (κ3) is 5.26. The normalized spacial score (nSPS) is 18.6. The second kappa shape index (κ2) is 8.68. The average molecular weight is 433 g/mol. The number of urea groups is 1. The lowest BCUT2D eigenvalue weighted by atomic mass is 9.90. The Kier molecular flexibility index (Phi) is 6.45. The summed E-state index contributed by atoms with van der Waals surface area (Å²) in [4.78, 5) is 14.9. The Hall–Kier alpha value is -2.17. The van der Waals surface area contributed by atoms with E-state index in [2.05, 4.69) is 38.2 Å². The van der Waals surface area contributed by atoms with Crippen molar-refractivity contribution in [1.82, 2.24) is 4.90 Å². The van der Waals surface area contributed by atoms with E-state index in [4.69, 9.17) is 27.9 Å². The van der Waals surface area contributed by atoms with Crippen LogP contribution in [0.1, 0.15) is 32.8 Å². The van der Waals surface area contributed by atoms with Crippen LogP contribution in [0.15, 0.2) is 48.5 Å². The second-order valence-electron chi connectivity index (χ2n) is 8.20. The van der Waals surface area contributed by atoms with Gasteiger partial charge in [-0.25, -0.2) is 4.79 Å². The van der Waals surface area contributed by atoms with Gasteiger partial charge in [0.1, 0.15) is 5.75 Å². The van der Waals surface area contributed by atoms with Crippen LogP contribution in [-0.2, 0) is 0 Å². The zero-order chi connectivity index (χ0) is 21.2. The molecule has 1 fully saturated rings. The van der Waals surface area contributed by atoms with Crippen molar-refractivity contribution in [1.29, 1.82) is 0 Å². The van der Waals surface area contributed by atoms with E-state index in [0.717, 1.165) is 23.3 Å². The third-order valence-electron chi connectivity index (χ3n) is 5.16. The van der Waals surface area contributed by atoms with Crippen molar-refractivity contribution >= 4 is 40.5 Å². The number of benzene rings is 2. The number of allylic oxidation sites excluding steroid dienone is 1. The van der Waals surface area contributed by atoms with Gasteiger partial charge in [-0.05, 0) is 60.2 Å². The lowest BCUT2D eigenvalue weighted by Crippen LogP contribution is -2.38. The van der Waals surface area contributed by atoms with E-state index in [1.807, 2.05) is 23.1 Å². The first kappa shape index (κ1) is 21.5. The SMILES string of the molecule is COc1cccc(/C(C)=C/[C@@H]2CC(C)(C)CN2C(=O)Nc2ccc(Cl)c(Cl)c2)c1. The van der Waals surface area contributed by atoms with Gasteiger partial charge in [0.2, 0.25) is 0 Å². The highest BCUT2D eigenvalue weighted by molar-refractivity contribution is 6.42. The maximum atomic E-state index is 13.0. The van der Waals surface area contributed by atoms with Crippen molar-refractivity contribution in [3.05, 3.63) is 64.1 Å². The van der Waals surface area contributed by atoms with Gasteiger partial charge in [-0.3, -0.25) is 0 Å². The molecule has 0 spiro atoms. The number of methoxy groups -OCH3 is 1. The molecule has 6 heteroatoms. The molecule has 154 valence electrons. The summed E-state index contributed by atoms with van der Waals surface area (Å²) in [5.74, 6) is 0.816. The highest BCUT2D eigenvalue weighted by atomic mass is 35.5. The highest BCUT2D eigenvalue weighted by Crippen LogP contribution is 2.36. The Morgan fingerprint density at radius 3 is 2.66 bits per heavy atom. The number of carbonyl (C=O) groups is 1. The Balaban J connectivity index is 1.82. The predicted molar refractivity (Wildman–Crippen MR) is 121 cm³/mol. The Morgan fingerprint density at radius 1 is 1.21 bits per heavy atom. The van der Waals surface area contributed by atoms with E-state index in [-0.39, 0.29) is 17.5 Å². The maximum absolute atomic E-state index is 13.0. The van der Waals surface area contributed by atoms with Crippen LogP contribution in [-0.4, -0.2) is 30.6 Å². The van der Waals surface area contributed by atoms with Gasteiger partial charge in [-0.2, -0.15) is 0 Å².